The minimum Gasteiger partial charge on any atom is -0.324 e. The summed E-state index contributed by atoms with van der Waals surface area (Å²) in [6, 6.07) is 20.9. The lowest BCUT2D eigenvalue weighted by Gasteiger charge is -2.20. The zero-order chi connectivity index (χ0) is 19.4. The fourth-order valence-corrected chi connectivity index (χ4v) is 3.61. The SMILES string of the molecule is Cc1ccc(CN(CC(=O)Nc2cccc3ccccc23)S(C)(=O)=O)cc1. The van der Waals surface area contributed by atoms with Gasteiger partial charge in [0.1, 0.15) is 0 Å². The van der Waals surface area contributed by atoms with Gasteiger partial charge in [-0.1, -0.05) is 66.2 Å². The van der Waals surface area contributed by atoms with Crippen LogP contribution in [-0.4, -0.2) is 31.4 Å². The molecule has 0 aromatic heterocycles. The Balaban J connectivity index is 1.77. The molecule has 0 saturated heterocycles. The molecule has 3 aromatic rings. The average Bonchev–Trinajstić information content (AvgIpc) is 2.62. The highest BCUT2D eigenvalue weighted by Crippen LogP contribution is 2.23. The fourth-order valence-electron chi connectivity index (χ4n) is 2.87. The van der Waals surface area contributed by atoms with Gasteiger partial charge in [0.05, 0.1) is 12.8 Å². The summed E-state index contributed by atoms with van der Waals surface area (Å²) in [4.78, 5) is 12.5. The highest BCUT2D eigenvalue weighted by Gasteiger charge is 2.21. The maximum atomic E-state index is 12.5. The fraction of sp³-hybridized carbons (Fsp3) is 0.190. The van der Waals surface area contributed by atoms with E-state index in [4.69, 9.17) is 0 Å². The smallest absolute Gasteiger partial charge is 0.239 e. The van der Waals surface area contributed by atoms with Crippen molar-refractivity contribution in [2.24, 2.45) is 0 Å². The first-order chi connectivity index (χ1) is 12.8. The van der Waals surface area contributed by atoms with Crippen molar-refractivity contribution in [3.8, 4) is 0 Å². The number of nitrogens with zero attached hydrogens (tertiary/aromatic N) is 1. The number of hydrogen-bond acceptors (Lipinski definition) is 3. The van der Waals surface area contributed by atoms with Crippen molar-refractivity contribution >= 4 is 32.4 Å². The zero-order valence-electron chi connectivity index (χ0n) is 15.3. The summed E-state index contributed by atoms with van der Waals surface area (Å²) in [6.45, 7) is 1.88. The van der Waals surface area contributed by atoms with Gasteiger partial charge in [-0.15, -0.1) is 0 Å². The molecule has 0 radical (unpaired) electrons. The second-order valence-corrected chi connectivity index (χ2v) is 8.57. The van der Waals surface area contributed by atoms with Gasteiger partial charge in [-0.25, -0.2) is 8.42 Å². The van der Waals surface area contributed by atoms with E-state index >= 15 is 0 Å². The first kappa shape index (κ1) is 19.1. The first-order valence-corrected chi connectivity index (χ1v) is 10.5. The second kappa shape index (κ2) is 7.90. The van der Waals surface area contributed by atoms with E-state index in [0.29, 0.717) is 5.69 Å². The van der Waals surface area contributed by atoms with E-state index in [0.717, 1.165) is 28.2 Å². The van der Waals surface area contributed by atoms with Crippen molar-refractivity contribution in [1.29, 1.82) is 0 Å². The molecule has 0 aliphatic carbocycles. The van der Waals surface area contributed by atoms with Gasteiger partial charge in [-0.3, -0.25) is 4.79 Å². The highest BCUT2D eigenvalue weighted by molar-refractivity contribution is 7.88. The van der Waals surface area contributed by atoms with Gasteiger partial charge in [0.25, 0.3) is 0 Å². The van der Waals surface area contributed by atoms with E-state index in [2.05, 4.69) is 5.32 Å². The number of rotatable bonds is 6. The number of carbonyl (C=O) groups excluding carboxylic acids is 1. The molecular formula is C21H22N2O3S. The third-order valence-corrected chi connectivity index (χ3v) is 5.53. The lowest BCUT2D eigenvalue weighted by molar-refractivity contribution is -0.116. The molecule has 0 heterocycles. The quantitative estimate of drug-likeness (QED) is 0.709. The van der Waals surface area contributed by atoms with Crippen LogP contribution < -0.4 is 5.32 Å². The molecule has 3 rings (SSSR count). The summed E-state index contributed by atoms with van der Waals surface area (Å²) in [6.07, 6.45) is 1.12. The maximum Gasteiger partial charge on any atom is 0.239 e. The van der Waals surface area contributed by atoms with Gasteiger partial charge in [-0.05, 0) is 23.9 Å². The lowest BCUT2D eigenvalue weighted by Crippen LogP contribution is -2.36. The highest BCUT2D eigenvalue weighted by atomic mass is 32.2. The molecule has 0 aliphatic heterocycles. The molecule has 0 bridgehead atoms. The minimum atomic E-state index is -3.53. The molecule has 27 heavy (non-hydrogen) atoms. The molecule has 0 aliphatic rings. The Labute approximate surface area is 159 Å². The van der Waals surface area contributed by atoms with Crippen LogP contribution in [0, 0.1) is 6.92 Å². The lowest BCUT2D eigenvalue weighted by atomic mass is 10.1. The Morgan fingerprint density at radius 2 is 1.63 bits per heavy atom. The number of sulfonamides is 1. The van der Waals surface area contributed by atoms with Crippen LogP contribution in [0.5, 0.6) is 0 Å². The van der Waals surface area contributed by atoms with Crippen molar-refractivity contribution in [2.45, 2.75) is 13.5 Å². The molecular weight excluding hydrogens is 360 g/mol. The Morgan fingerprint density at radius 3 is 2.33 bits per heavy atom. The van der Waals surface area contributed by atoms with Crippen LogP contribution in [0.25, 0.3) is 10.8 Å². The number of aryl methyl sites for hydroxylation is 1. The van der Waals surface area contributed by atoms with Crippen LogP contribution in [-0.2, 0) is 21.4 Å². The largest absolute Gasteiger partial charge is 0.324 e. The standard InChI is InChI=1S/C21H22N2O3S/c1-16-10-12-17(13-11-16)14-23(27(2,25)26)15-21(24)22-20-9-5-7-18-6-3-4-8-19(18)20/h3-13H,14-15H2,1-2H3,(H,22,24). The maximum absolute atomic E-state index is 12.5. The van der Waals surface area contributed by atoms with E-state index in [9.17, 15) is 13.2 Å². The van der Waals surface area contributed by atoms with E-state index in [1.807, 2.05) is 73.7 Å². The van der Waals surface area contributed by atoms with E-state index < -0.39 is 10.0 Å². The Morgan fingerprint density at radius 1 is 0.963 bits per heavy atom. The second-order valence-electron chi connectivity index (χ2n) is 6.59. The topological polar surface area (TPSA) is 66.5 Å². The van der Waals surface area contributed by atoms with Gasteiger partial charge >= 0.3 is 0 Å². The van der Waals surface area contributed by atoms with E-state index in [-0.39, 0.29) is 19.0 Å². The van der Waals surface area contributed by atoms with Gasteiger partial charge in [0.15, 0.2) is 0 Å². The Hall–Kier alpha value is -2.70. The monoisotopic (exact) mass is 382 g/mol. The van der Waals surface area contributed by atoms with Crippen molar-refractivity contribution in [3.05, 3.63) is 77.9 Å². The minimum absolute atomic E-state index is 0.155. The van der Waals surface area contributed by atoms with Gasteiger partial charge < -0.3 is 5.32 Å². The van der Waals surface area contributed by atoms with Crippen molar-refractivity contribution < 1.29 is 13.2 Å². The Kier molecular flexibility index (Phi) is 5.58. The van der Waals surface area contributed by atoms with E-state index in [1.54, 1.807) is 0 Å². The summed E-state index contributed by atoms with van der Waals surface area (Å²) in [5.74, 6) is -0.371. The molecule has 1 N–H and O–H groups in total. The zero-order valence-corrected chi connectivity index (χ0v) is 16.2. The van der Waals surface area contributed by atoms with Crippen LogP contribution in [0.2, 0.25) is 0 Å². The molecule has 3 aromatic carbocycles. The van der Waals surface area contributed by atoms with Crippen LogP contribution in [0.1, 0.15) is 11.1 Å². The number of benzene rings is 3. The molecule has 0 saturated carbocycles. The third-order valence-electron chi connectivity index (χ3n) is 4.33. The predicted octanol–water partition coefficient (Wildman–Crippen LogP) is 3.55. The van der Waals surface area contributed by atoms with Crippen molar-refractivity contribution in [3.63, 3.8) is 0 Å². The van der Waals surface area contributed by atoms with Gasteiger partial charge in [0.2, 0.25) is 15.9 Å². The Bertz CT molecular complexity index is 1050. The number of fused-ring (bicyclic) bond motifs is 1. The third kappa shape index (κ3) is 4.93. The summed E-state index contributed by atoms with van der Waals surface area (Å²) in [5, 5.41) is 4.76. The molecule has 5 nitrogen and oxygen atoms in total. The molecule has 1 amide bonds. The summed E-state index contributed by atoms with van der Waals surface area (Å²) < 4.78 is 25.5. The van der Waals surface area contributed by atoms with Gasteiger partial charge in [-0.2, -0.15) is 4.31 Å². The molecule has 0 spiro atoms. The predicted molar refractivity (Wildman–Crippen MR) is 109 cm³/mol. The average molecular weight is 382 g/mol. The summed E-state index contributed by atoms with van der Waals surface area (Å²) >= 11 is 0. The number of carbonyl (C=O) groups is 1. The number of anilines is 1. The molecule has 140 valence electrons. The molecule has 6 heteroatoms. The number of nitrogens with one attached hydrogen (secondary N) is 1. The van der Waals surface area contributed by atoms with Crippen LogP contribution >= 0.6 is 0 Å². The molecule has 0 unspecified atom stereocenters. The summed E-state index contributed by atoms with van der Waals surface area (Å²) in [5.41, 5.74) is 2.60. The number of hydrogen-bond donors (Lipinski definition) is 1. The van der Waals surface area contributed by atoms with E-state index in [1.165, 1.54) is 4.31 Å². The van der Waals surface area contributed by atoms with Crippen molar-refractivity contribution in [1.82, 2.24) is 4.31 Å². The van der Waals surface area contributed by atoms with Gasteiger partial charge in [0, 0.05) is 17.6 Å². The number of amides is 1. The molecule has 0 fully saturated rings. The summed E-state index contributed by atoms with van der Waals surface area (Å²) in [7, 11) is -3.53. The van der Waals surface area contributed by atoms with Crippen LogP contribution in [0.3, 0.4) is 0 Å². The normalized spacial score (nSPS) is 11.7. The van der Waals surface area contributed by atoms with Crippen LogP contribution in [0.4, 0.5) is 5.69 Å². The van der Waals surface area contributed by atoms with Crippen molar-refractivity contribution in [2.75, 3.05) is 18.1 Å². The van der Waals surface area contributed by atoms with Crippen LogP contribution in [0.15, 0.2) is 66.7 Å². The first-order valence-electron chi connectivity index (χ1n) is 8.61. The molecule has 0 atom stereocenters.